The Morgan fingerprint density at radius 2 is 1.81 bits per heavy atom. The molecule has 2 aromatic heterocycles. The minimum atomic E-state index is 0.700. The van der Waals surface area contributed by atoms with Crippen LogP contribution in [0.3, 0.4) is 0 Å². The summed E-state index contributed by atoms with van der Waals surface area (Å²) in [6, 6.07) is 9.87. The molecule has 8 heteroatoms. The number of rotatable bonds is 8. The van der Waals surface area contributed by atoms with E-state index in [2.05, 4.69) is 43.4 Å². The van der Waals surface area contributed by atoms with E-state index < -0.39 is 0 Å². The topological polar surface area (TPSA) is 69.2 Å². The lowest BCUT2D eigenvalue weighted by Gasteiger charge is -2.34. The van der Waals surface area contributed by atoms with Crippen LogP contribution in [0, 0.1) is 6.92 Å². The minimum absolute atomic E-state index is 0.700. The van der Waals surface area contributed by atoms with Crippen LogP contribution in [0.25, 0.3) is 10.9 Å². The first-order valence-electron chi connectivity index (χ1n) is 11.0. The zero-order valence-corrected chi connectivity index (χ0v) is 19.0. The molecule has 1 fully saturated rings. The van der Waals surface area contributed by atoms with Crippen molar-refractivity contribution in [1.82, 2.24) is 19.9 Å². The highest BCUT2D eigenvalue weighted by Gasteiger charge is 2.17. The lowest BCUT2D eigenvalue weighted by atomic mass is 10.2. The van der Waals surface area contributed by atoms with Crippen LogP contribution < -0.4 is 15.5 Å². The fourth-order valence-electron chi connectivity index (χ4n) is 3.87. The van der Waals surface area contributed by atoms with Crippen molar-refractivity contribution < 1.29 is 0 Å². The molecule has 0 amide bonds. The van der Waals surface area contributed by atoms with Crippen LogP contribution >= 0.6 is 11.6 Å². The molecular weight excluding hydrogens is 410 g/mol. The van der Waals surface area contributed by atoms with E-state index in [0.29, 0.717) is 11.0 Å². The van der Waals surface area contributed by atoms with E-state index in [4.69, 9.17) is 16.6 Å². The smallest absolute Gasteiger partial charge is 0.224 e. The Hall–Kier alpha value is -2.64. The second-order valence-corrected chi connectivity index (χ2v) is 8.28. The molecule has 0 aliphatic carbocycles. The molecule has 0 spiro atoms. The molecule has 1 aliphatic heterocycles. The van der Waals surface area contributed by atoms with E-state index >= 15 is 0 Å². The molecule has 3 aromatic rings. The predicted octanol–water partition coefficient (Wildman–Crippen LogP) is 4.04. The van der Waals surface area contributed by atoms with Crippen molar-refractivity contribution >= 4 is 40.0 Å². The largest absolute Gasteiger partial charge is 0.384 e. The van der Waals surface area contributed by atoms with Gasteiger partial charge in [0.15, 0.2) is 0 Å². The van der Waals surface area contributed by atoms with Crippen molar-refractivity contribution in [2.24, 2.45) is 0 Å². The van der Waals surface area contributed by atoms with Gasteiger partial charge in [0, 0.05) is 73.3 Å². The van der Waals surface area contributed by atoms with E-state index in [0.717, 1.165) is 80.3 Å². The average molecular weight is 440 g/mol. The summed E-state index contributed by atoms with van der Waals surface area (Å²) in [7, 11) is 0. The van der Waals surface area contributed by atoms with Crippen LogP contribution in [0.4, 0.5) is 17.5 Å². The van der Waals surface area contributed by atoms with Gasteiger partial charge in [-0.3, -0.25) is 4.98 Å². The molecule has 2 N–H and O–H groups in total. The number of hydrogen-bond donors (Lipinski definition) is 2. The molecule has 7 nitrogen and oxygen atoms in total. The molecule has 4 rings (SSSR count). The third-order valence-electron chi connectivity index (χ3n) is 5.64. The highest BCUT2D eigenvalue weighted by molar-refractivity contribution is 6.31. The summed E-state index contributed by atoms with van der Waals surface area (Å²) < 4.78 is 0. The lowest BCUT2D eigenvalue weighted by molar-refractivity contribution is 0.270. The van der Waals surface area contributed by atoms with Crippen LogP contribution in [0.15, 0.2) is 36.5 Å². The Kier molecular flexibility index (Phi) is 7.04. The number of piperazine rings is 1. The van der Waals surface area contributed by atoms with E-state index in [1.165, 1.54) is 0 Å². The van der Waals surface area contributed by atoms with Crippen molar-refractivity contribution in [2.75, 3.05) is 61.3 Å². The number of aromatic nitrogens is 3. The number of nitrogens with zero attached hydrogens (tertiary/aromatic N) is 5. The van der Waals surface area contributed by atoms with Crippen molar-refractivity contribution in [3.8, 4) is 0 Å². The Bertz CT molecular complexity index is 1020. The van der Waals surface area contributed by atoms with Crippen LogP contribution in [-0.4, -0.2) is 65.7 Å². The third kappa shape index (κ3) is 5.54. The summed E-state index contributed by atoms with van der Waals surface area (Å²) in [4.78, 5) is 18.5. The highest BCUT2D eigenvalue weighted by Crippen LogP contribution is 2.24. The molecule has 3 heterocycles. The first-order valence-corrected chi connectivity index (χ1v) is 11.3. The number of aryl methyl sites for hydroxylation is 1. The summed E-state index contributed by atoms with van der Waals surface area (Å²) in [6.45, 7) is 11.2. The number of benzene rings is 1. The zero-order valence-electron chi connectivity index (χ0n) is 18.2. The molecule has 0 radical (unpaired) electrons. The fraction of sp³-hybridized carbons (Fsp3) is 0.435. The summed E-state index contributed by atoms with van der Waals surface area (Å²) >= 11 is 6.07. The van der Waals surface area contributed by atoms with Crippen molar-refractivity contribution in [3.05, 3.63) is 47.2 Å². The van der Waals surface area contributed by atoms with Crippen molar-refractivity contribution in [3.63, 3.8) is 0 Å². The third-order valence-corrected chi connectivity index (χ3v) is 5.88. The van der Waals surface area contributed by atoms with Gasteiger partial charge in [0.2, 0.25) is 5.95 Å². The fourth-order valence-corrected chi connectivity index (χ4v) is 4.04. The lowest BCUT2D eigenvalue weighted by Crippen LogP contribution is -2.46. The predicted molar refractivity (Wildman–Crippen MR) is 129 cm³/mol. The Labute approximate surface area is 188 Å². The molecular formula is C23H30ClN7. The first kappa shape index (κ1) is 21.6. The van der Waals surface area contributed by atoms with Crippen molar-refractivity contribution in [2.45, 2.75) is 20.3 Å². The Morgan fingerprint density at radius 1 is 1.00 bits per heavy atom. The monoisotopic (exact) mass is 439 g/mol. The number of pyridine rings is 1. The molecule has 1 aromatic carbocycles. The maximum absolute atomic E-state index is 6.07. The van der Waals surface area contributed by atoms with E-state index in [-0.39, 0.29) is 0 Å². The minimum Gasteiger partial charge on any atom is -0.384 e. The number of fused-ring (bicyclic) bond motifs is 1. The van der Waals surface area contributed by atoms with Crippen molar-refractivity contribution in [1.29, 1.82) is 0 Å². The van der Waals surface area contributed by atoms with Gasteiger partial charge in [-0.2, -0.15) is 4.98 Å². The molecule has 0 saturated carbocycles. The number of anilines is 3. The van der Waals surface area contributed by atoms with Gasteiger partial charge in [-0.15, -0.1) is 0 Å². The van der Waals surface area contributed by atoms with Gasteiger partial charge in [0.05, 0.1) is 5.52 Å². The molecule has 164 valence electrons. The van der Waals surface area contributed by atoms with Gasteiger partial charge in [-0.25, -0.2) is 4.98 Å². The van der Waals surface area contributed by atoms with Crippen LogP contribution in [0.5, 0.6) is 0 Å². The second-order valence-electron chi connectivity index (χ2n) is 7.84. The van der Waals surface area contributed by atoms with E-state index in [9.17, 15) is 0 Å². The van der Waals surface area contributed by atoms with Gasteiger partial charge >= 0.3 is 0 Å². The average Bonchev–Trinajstić information content (AvgIpc) is 2.78. The Balaban J connectivity index is 1.29. The van der Waals surface area contributed by atoms with Gasteiger partial charge < -0.3 is 20.4 Å². The second kappa shape index (κ2) is 10.1. The SMILES string of the molecule is CCN1CCN(c2cc(C)nc(NCCCNc3ccnc4cc(Cl)ccc34)n2)CC1. The maximum Gasteiger partial charge on any atom is 0.224 e. The quantitative estimate of drug-likeness (QED) is 0.513. The van der Waals surface area contributed by atoms with Crippen LogP contribution in [-0.2, 0) is 0 Å². The summed E-state index contributed by atoms with van der Waals surface area (Å²) in [5.41, 5.74) is 2.96. The number of halogens is 1. The molecule has 31 heavy (non-hydrogen) atoms. The molecule has 0 bridgehead atoms. The molecule has 1 aliphatic rings. The zero-order chi connectivity index (χ0) is 21.6. The Morgan fingerprint density at radius 3 is 2.61 bits per heavy atom. The summed E-state index contributed by atoms with van der Waals surface area (Å²) in [5.74, 6) is 1.72. The highest BCUT2D eigenvalue weighted by atomic mass is 35.5. The first-order chi connectivity index (χ1) is 15.1. The molecule has 0 unspecified atom stereocenters. The van der Waals surface area contributed by atoms with E-state index in [1.807, 2.05) is 37.4 Å². The van der Waals surface area contributed by atoms with Gasteiger partial charge in [0.25, 0.3) is 0 Å². The number of hydrogen-bond acceptors (Lipinski definition) is 7. The van der Waals surface area contributed by atoms with Gasteiger partial charge in [0.1, 0.15) is 5.82 Å². The van der Waals surface area contributed by atoms with Gasteiger partial charge in [-0.1, -0.05) is 18.5 Å². The summed E-state index contributed by atoms with van der Waals surface area (Å²) in [5, 5.41) is 8.67. The van der Waals surface area contributed by atoms with Crippen LogP contribution in [0.1, 0.15) is 19.0 Å². The number of likely N-dealkylation sites (N-methyl/N-ethyl adjacent to an activating group) is 1. The normalized spacial score (nSPS) is 14.7. The molecule has 0 atom stereocenters. The standard InChI is InChI=1S/C23H30ClN7/c1-3-30-11-13-31(14-12-30)22-15-17(2)28-23(29-22)27-9-4-8-25-20-7-10-26-21-16-18(24)5-6-19(20)21/h5-7,10,15-16H,3-4,8-9,11-14H2,1-2H3,(H,25,26)(H,27,28,29). The maximum atomic E-state index is 6.07. The van der Waals surface area contributed by atoms with E-state index in [1.54, 1.807) is 0 Å². The number of nitrogens with one attached hydrogen (secondary N) is 2. The van der Waals surface area contributed by atoms with Gasteiger partial charge in [-0.05, 0) is 44.2 Å². The summed E-state index contributed by atoms with van der Waals surface area (Å²) in [6.07, 6.45) is 2.75. The van der Waals surface area contributed by atoms with Crippen LogP contribution in [0.2, 0.25) is 5.02 Å². The molecule has 1 saturated heterocycles.